The monoisotopic (exact) mass is 474 g/mol. The van der Waals surface area contributed by atoms with Crippen LogP contribution in [0.25, 0.3) is 0 Å². The molecule has 2 aliphatic heterocycles. The van der Waals surface area contributed by atoms with E-state index in [-0.39, 0.29) is 37.1 Å². The number of ether oxygens (including phenoxy) is 1. The van der Waals surface area contributed by atoms with Gasteiger partial charge in [-0.25, -0.2) is 22.4 Å². The van der Waals surface area contributed by atoms with E-state index < -0.39 is 6.10 Å². The Kier molecular flexibility index (Phi) is 8.29. The number of hydrazine groups is 1. The fraction of sp³-hybridized carbons (Fsp3) is 0.333. The third-order valence-corrected chi connectivity index (χ3v) is 1.97. The first-order chi connectivity index (χ1) is 8.06. The van der Waals surface area contributed by atoms with E-state index in [0.717, 1.165) is 5.70 Å². The molecule has 0 fully saturated rings. The van der Waals surface area contributed by atoms with Gasteiger partial charge in [0.15, 0.2) is 0 Å². The zero-order valence-corrected chi connectivity index (χ0v) is 14.6. The third-order valence-electron chi connectivity index (χ3n) is 1.97. The number of rotatable bonds is 1. The molecule has 0 radical (unpaired) electrons. The van der Waals surface area contributed by atoms with Crippen molar-refractivity contribution in [1.29, 1.82) is 0 Å². The number of allylic oxidation sites excluding steroid dienone is 3. The van der Waals surface area contributed by atoms with Crippen LogP contribution in [0.15, 0.2) is 29.6 Å². The number of fused-ring (bicyclic) bond motifs is 1. The van der Waals surface area contributed by atoms with Crippen LogP contribution in [0, 0.1) is 44.1 Å². The number of esters is 1. The molecule has 2 aliphatic rings. The van der Waals surface area contributed by atoms with Gasteiger partial charge >= 0.3 is 37.1 Å². The van der Waals surface area contributed by atoms with Gasteiger partial charge in [0.25, 0.3) is 0 Å². The van der Waals surface area contributed by atoms with Crippen LogP contribution in [-0.2, 0) is 9.53 Å². The summed E-state index contributed by atoms with van der Waals surface area (Å²) in [6, 6.07) is 0. The molecule has 0 amide bonds. The second-order valence-electron chi connectivity index (χ2n) is 3.54. The molecule has 0 aromatic heterocycles. The molecule has 0 aliphatic carbocycles. The molecule has 1 atom stereocenters. The van der Waals surface area contributed by atoms with Crippen LogP contribution in [0.4, 0.5) is 0 Å². The molecule has 2 rings (SSSR count). The summed E-state index contributed by atoms with van der Waals surface area (Å²) in [5.74, 6) is -0.287. The number of hydrogen-bond acceptors (Lipinski definition) is 5. The van der Waals surface area contributed by atoms with Crippen molar-refractivity contribution < 1.29 is 45.8 Å². The molecule has 5 nitrogen and oxygen atoms in total. The van der Waals surface area contributed by atoms with Gasteiger partial charge in [0, 0.05) is 6.54 Å². The number of carbonyl (C=O) groups is 1. The number of aliphatic hydroxyl groups is 1. The second kappa shape index (κ2) is 8.54. The quantitative estimate of drug-likeness (QED) is 0.424. The van der Waals surface area contributed by atoms with Gasteiger partial charge in [-0.3, -0.25) is 0 Å². The summed E-state index contributed by atoms with van der Waals surface area (Å²) in [5, 5.41) is 9.70. The molecular weight excluding hydrogens is 458 g/mol. The summed E-state index contributed by atoms with van der Waals surface area (Å²) < 4.78 is 4.65. The topological polar surface area (TPSA) is 61.8 Å². The molecule has 96 valence electrons. The zero-order valence-electron chi connectivity index (χ0n) is 10.4. The molecule has 2 heterocycles. The van der Waals surface area contributed by atoms with Crippen molar-refractivity contribution in [3.8, 4) is 0 Å². The maximum atomic E-state index is 11.3. The smallest absolute Gasteiger partial charge is 0.466 e. The van der Waals surface area contributed by atoms with Crippen molar-refractivity contribution in [3.05, 3.63) is 42.6 Å². The van der Waals surface area contributed by atoms with Gasteiger partial charge in [-0.05, 0) is 5.70 Å². The van der Waals surface area contributed by atoms with Crippen molar-refractivity contribution in [2.24, 2.45) is 0 Å². The van der Waals surface area contributed by atoms with Crippen molar-refractivity contribution in [2.45, 2.75) is 13.0 Å². The normalized spacial score (nSPS) is 17.4. The van der Waals surface area contributed by atoms with Crippen LogP contribution in [0.2, 0.25) is 0 Å². The minimum absolute atomic E-state index is 0. The molecule has 6 heteroatoms. The van der Waals surface area contributed by atoms with Crippen molar-refractivity contribution in [3.63, 3.8) is 0 Å². The van der Waals surface area contributed by atoms with Crippen LogP contribution < -0.4 is 5.43 Å². The predicted molar refractivity (Wildman–Crippen MR) is 62.9 cm³/mol. The summed E-state index contributed by atoms with van der Waals surface area (Å²) in [7, 11) is 1.38. The molecule has 2 N–H and O–H groups in total. The molecule has 0 saturated carbocycles. The number of hydrogen-bond donors (Lipinski definition) is 2. The van der Waals surface area contributed by atoms with Gasteiger partial charge in [0.05, 0.1) is 12.7 Å². The van der Waals surface area contributed by atoms with Gasteiger partial charge in [-0.1, -0.05) is 19.2 Å². The molecule has 0 aromatic rings. The second-order valence-corrected chi connectivity index (χ2v) is 3.54. The summed E-state index contributed by atoms with van der Waals surface area (Å²) in [4.78, 5) is 11.3. The van der Waals surface area contributed by atoms with Crippen LogP contribution in [0.1, 0.15) is 6.92 Å². The van der Waals surface area contributed by atoms with E-state index in [9.17, 15) is 4.79 Å². The number of aliphatic hydroxyl groups excluding tert-OH is 1. The van der Waals surface area contributed by atoms with Gasteiger partial charge < -0.3 is 21.8 Å². The summed E-state index contributed by atoms with van der Waals surface area (Å²) in [6.07, 6.45) is 7.82. The minimum atomic E-state index is -0.417. The van der Waals surface area contributed by atoms with Crippen LogP contribution in [-0.4, -0.2) is 35.8 Å². The summed E-state index contributed by atoms with van der Waals surface area (Å²) >= 11 is 0. The average Bonchev–Trinajstić information content (AvgIpc) is 2.71. The molecule has 0 aromatic carbocycles. The van der Waals surface area contributed by atoms with Gasteiger partial charge in [-0.2, -0.15) is 6.08 Å². The van der Waals surface area contributed by atoms with E-state index in [1.807, 2.05) is 6.08 Å². The number of methoxy groups -OCH3 is 1. The fourth-order valence-corrected chi connectivity index (χ4v) is 1.33. The molecule has 0 spiro atoms. The van der Waals surface area contributed by atoms with Crippen molar-refractivity contribution >= 4 is 5.97 Å². The first kappa shape index (κ1) is 17.5. The van der Waals surface area contributed by atoms with Gasteiger partial charge in [0.2, 0.25) is 0 Å². The fourth-order valence-electron chi connectivity index (χ4n) is 1.33. The van der Waals surface area contributed by atoms with E-state index in [0.29, 0.717) is 12.1 Å². The van der Waals surface area contributed by atoms with E-state index in [2.05, 4.69) is 23.2 Å². The van der Waals surface area contributed by atoms with Crippen molar-refractivity contribution in [1.82, 2.24) is 10.4 Å². The zero-order chi connectivity index (χ0) is 12.8. The molecule has 0 bridgehead atoms. The standard InChI is InChI=1S/C9H9N2O2.C3H7O.U/c1-13-9(12)7-6-10-11-5-3-2-4-8(7)11;1-3(2)4;/h2,4-5,10H,6H2,1H3;3-4H,1H2,2H3;/q2*-1;+2/t;3-;/m.0./s1. The number of nitrogens with zero attached hydrogens (tertiary/aromatic N) is 1. The Hall–Kier alpha value is -0.538. The van der Waals surface area contributed by atoms with E-state index >= 15 is 0 Å². The Morgan fingerprint density at radius 3 is 2.89 bits per heavy atom. The molecular formula is C12H16N2O3U. The Morgan fingerprint density at radius 2 is 2.33 bits per heavy atom. The third kappa shape index (κ3) is 4.99. The van der Waals surface area contributed by atoms with E-state index in [4.69, 9.17) is 5.11 Å². The largest absolute Gasteiger partial charge is 2.00 e. The molecule has 18 heavy (non-hydrogen) atoms. The Balaban J connectivity index is 0.000000512. The maximum absolute atomic E-state index is 11.3. The molecule has 0 unspecified atom stereocenters. The Bertz CT molecular complexity index is 373. The first-order valence-corrected chi connectivity index (χ1v) is 5.17. The van der Waals surface area contributed by atoms with Crippen LogP contribution in [0.5, 0.6) is 0 Å². The van der Waals surface area contributed by atoms with Crippen LogP contribution in [0.3, 0.4) is 0 Å². The molecule has 0 saturated heterocycles. The van der Waals surface area contributed by atoms with Gasteiger partial charge in [0.1, 0.15) is 0 Å². The number of carbonyl (C=O) groups excluding carboxylic acids is 1. The summed E-state index contributed by atoms with van der Waals surface area (Å²) in [6.45, 7) is 5.31. The van der Waals surface area contributed by atoms with Crippen LogP contribution >= 0.6 is 0 Å². The minimum Gasteiger partial charge on any atom is -0.466 e. The Labute approximate surface area is 131 Å². The predicted octanol–water partition coefficient (Wildman–Crippen LogP) is 0.322. The summed E-state index contributed by atoms with van der Waals surface area (Å²) in [5.41, 5.74) is 4.50. The maximum Gasteiger partial charge on any atom is 2.00 e. The van der Waals surface area contributed by atoms with E-state index in [1.165, 1.54) is 7.11 Å². The van der Waals surface area contributed by atoms with Gasteiger partial charge in [-0.15, -0.1) is 0 Å². The van der Waals surface area contributed by atoms with E-state index in [1.54, 1.807) is 24.2 Å². The SMILES string of the molecule is COC(=O)C1=C2C=C[C-]=CN2NC1.[CH2-][C@@H](C)O.[U+2]. The first-order valence-electron chi connectivity index (χ1n) is 5.17. The number of nitrogens with one attached hydrogen (secondary N) is 1. The van der Waals surface area contributed by atoms with Crippen molar-refractivity contribution in [2.75, 3.05) is 13.7 Å². The average molecular weight is 474 g/mol. The Morgan fingerprint density at radius 1 is 1.72 bits per heavy atom.